The Morgan fingerprint density at radius 1 is 1.14 bits per heavy atom. The lowest BCUT2D eigenvalue weighted by molar-refractivity contribution is -0.137. The molecule has 196 valence electrons. The van der Waals surface area contributed by atoms with E-state index in [1.165, 1.54) is 12.1 Å². The second-order valence-corrected chi connectivity index (χ2v) is 10.5. The number of aromatic nitrogens is 4. The van der Waals surface area contributed by atoms with Gasteiger partial charge in [-0.25, -0.2) is 0 Å². The Kier molecular flexibility index (Phi) is 7.13. The van der Waals surface area contributed by atoms with Gasteiger partial charge in [0.1, 0.15) is 5.69 Å². The molecule has 8 nitrogen and oxygen atoms in total. The first kappa shape index (κ1) is 25.5. The number of likely N-dealkylation sites (tertiary alicyclic amines) is 1. The van der Waals surface area contributed by atoms with Gasteiger partial charge in [0.25, 0.3) is 5.91 Å². The zero-order chi connectivity index (χ0) is 26.2. The Bertz CT molecular complexity index is 1250. The number of halogens is 3. The summed E-state index contributed by atoms with van der Waals surface area (Å²) < 4.78 is 40.6. The maximum Gasteiger partial charge on any atom is 0.416 e. The van der Waals surface area contributed by atoms with Crippen molar-refractivity contribution in [1.82, 2.24) is 24.6 Å². The minimum Gasteiger partial charge on any atom is -0.367 e. The minimum absolute atomic E-state index is 0.203. The smallest absolute Gasteiger partial charge is 0.367 e. The summed E-state index contributed by atoms with van der Waals surface area (Å²) in [6.07, 6.45) is -0.693. The van der Waals surface area contributed by atoms with Crippen LogP contribution in [-0.4, -0.2) is 68.5 Å². The Labute approximate surface area is 217 Å². The quantitative estimate of drug-likeness (QED) is 0.350. The van der Waals surface area contributed by atoms with Crippen LogP contribution in [0.15, 0.2) is 47.8 Å². The summed E-state index contributed by atoms with van der Waals surface area (Å²) in [6, 6.07) is 9.23. The van der Waals surface area contributed by atoms with E-state index < -0.39 is 17.6 Å². The molecule has 2 N–H and O–H groups in total. The zero-order valence-electron chi connectivity index (χ0n) is 20.4. The summed E-state index contributed by atoms with van der Waals surface area (Å²) in [7, 11) is 1.90. The van der Waals surface area contributed by atoms with Gasteiger partial charge >= 0.3 is 6.18 Å². The van der Waals surface area contributed by atoms with Gasteiger partial charge in [0.05, 0.1) is 5.56 Å². The highest BCUT2D eigenvalue weighted by Gasteiger charge is 2.41. The second-order valence-electron chi connectivity index (χ2n) is 9.48. The van der Waals surface area contributed by atoms with Gasteiger partial charge < -0.3 is 20.1 Å². The average molecular weight is 532 g/mol. The molecular formula is C25H28F3N7OS. The number of rotatable bonds is 8. The summed E-state index contributed by atoms with van der Waals surface area (Å²) >= 11 is 1.64. The summed E-state index contributed by atoms with van der Waals surface area (Å²) in [5, 5.41) is 9.37. The maximum absolute atomic E-state index is 12.9. The highest BCUT2D eigenvalue weighted by molar-refractivity contribution is 7.99. The number of carbonyl (C=O) groups is 1. The lowest BCUT2D eigenvalue weighted by Gasteiger charge is -2.27. The van der Waals surface area contributed by atoms with Crippen LogP contribution < -0.4 is 10.6 Å². The average Bonchev–Trinajstić information content (AvgIpc) is 3.56. The molecule has 0 radical (unpaired) electrons. The van der Waals surface area contributed by atoms with E-state index in [1.807, 2.05) is 11.6 Å². The fourth-order valence-electron chi connectivity index (χ4n) is 5.21. The monoisotopic (exact) mass is 531 g/mol. The molecule has 2 aliphatic heterocycles. The third-order valence-electron chi connectivity index (χ3n) is 7.11. The Morgan fingerprint density at radius 3 is 2.59 bits per heavy atom. The van der Waals surface area contributed by atoms with Gasteiger partial charge in [-0.3, -0.25) is 9.78 Å². The van der Waals surface area contributed by atoms with Crippen molar-refractivity contribution in [2.75, 3.05) is 36.8 Å². The van der Waals surface area contributed by atoms with E-state index in [0.717, 1.165) is 61.2 Å². The van der Waals surface area contributed by atoms with Crippen molar-refractivity contribution >= 4 is 23.4 Å². The van der Waals surface area contributed by atoms with Crippen LogP contribution in [0.5, 0.6) is 0 Å². The van der Waals surface area contributed by atoms with Gasteiger partial charge in [-0.05, 0) is 61.7 Å². The van der Waals surface area contributed by atoms with Crippen molar-refractivity contribution < 1.29 is 18.0 Å². The van der Waals surface area contributed by atoms with Crippen molar-refractivity contribution in [3.63, 3.8) is 0 Å². The van der Waals surface area contributed by atoms with E-state index in [9.17, 15) is 18.0 Å². The summed E-state index contributed by atoms with van der Waals surface area (Å²) in [4.78, 5) is 20.0. The lowest BCUT2D eigenvalue weighted by Crippen LogP contribution is -2.35. The number of anilines is 1. The third kappa shape index (κ3) is 5.45. The predicted molar refractivity (Wildman–Crippen MR) is 135 cm³/mol. The number of fused-ring (bicyclic) bond motifs is 1. The minimum atomic E-state index is -4.31. The number of hydrogen-bond donors (Lipinski definition) is 1. The standard InChI is InChI=1S/C25H28F3N7OS/c1-33-23(16-3-8-20(22(29)36)30-13-16)31-32-24(33)37-12-2-10-34-14-17-9-11-35(21(17)15-34)19-6-4-18(5-7-19)25(26,27)28/h3-8,13,17,21H,2,9-12,14-15H2,1H3,(H2,29,36)/t17-,21+/m0/s1. The van der Waals surface area contributed by atoms with Crippen molar-refractivity contribution in [3.05, 3.63) is 53.9 Å². The number of benzene rings is 1. The van der Waals surface area contributed by atoms with Crippen LogP contribution in [0.4, 0.5) is 18.9 Å². The molecule has 2 atom stereocenters. The normalized spacial score (nSPS) is 19.9. The Morgan fingerprint density at radius 2 is 1.92 bits per heavy atom. The van der Waals surface area contributed by atoms with Crippen molar-refractivity contribution in [1.29, 1.82) is 0 Å². The van der Waals surface area contributed by atoms with E-state index in [4.69, 9.17) is 5.73 Å². The van der Waals surface area contributed by atoms with Crippen LogP contribution in [-0.2, 0) is 13.2 Å². The highest BCUT2D eigenvalue weighted by Crippen LogP contribution is 2.37. The zero-order valence-corrected chi connectivity index (χ0v) is 21.2. The Balaban J connectivity index is 1.11. The molecule has 0 saturated carbocycles. The molecule has 0 bridgehead atoms. The number of hydrogen-bond acceptors (Lipinski definition) is 7. The number of nitrogens with two attached hydrogens (primary N) is 1. The molecule has 1 aromatic carbocycles. The molecule has 3 aromatic rings. The number of primary amides is 1. The number of alkyl halides is 3. The first-order valence-electron chi connectivity index (χ1n) is 12.2. The van der Waals surface area contributed by atoms with E-state index in [1.54, 1.807) is 42.2 Å². The van der Waals surface area contributed by atoms with Gasteiger partial charge in [-0.15, -0.1) is 10.2 Å². The van der Waals surface area contributed by atoms with Gasteiger partial charge in [0.2, 0.25) is 0 Å². The van der Waals surface area contributed by atoms with E-state index >= 15 is 0 Å². The molecular weight excluding hydrogens is 503 g/mol. The first-order valence-corrected chi connectivity index (χ1v) is 13.1. The van der Waals surface area contributed by atoms with E-state index in [2.05, 4.69) is 25.0 Å². The molecule has 0 spiro atoms. The number of thioether (sulfide) groups is 1. The maximum atomic E-state index is 12.9. The van der Waals surface area contributed by atoms with Crippen LogP contribution >= 0.6 is 11.8 Å². The van der Waals surface area contributed by atoms with Crippen LogP contribution in [0.1, 0.15) is 28.9 Å². The molecule has 2 fully saturated rings. The number of carbonyl (C=O) groups excluding carboxylic acids is 1. The summed E-state index contributed by atoms with van der Waals surface area (Å²) in [5.41, 5.74) is 6.47. The van der Waals surface area contributed by atoms with Crippen molar-refractivity contribution in [3.8, 4) is 11.4 Å². The summed E-state index contributed by atoms with van der Waals surface area (Å²) in [6.45, 7) is 3.80. The molecule has 2 saturated heterocycles. The molecule has 4 heterocycles. The lowest BCUT2D eigenvalue weighted by atomic mass is 10.0. The largest absolute Gasteiger partial charge is 0.416 e. The van der Waals surface area contributed by atoms with Crippen molar-refractivity contribution in [2.45, 2.75) is 30.2 Å². The van der Waals surface area contributed by atoms with Crippen LogP contribution in [0.25, 0.3) is 11.4 Å². The van der Waals surface area contributed by atoms with Crippen LogP contribution in [0, 0.1) is 5.92 Å². The highest BCUT2D eigenvalue weighted by atomic mass is 32.2. The molecule has 0 unspecified atom stereocenters. The number of nitrogens with zero attached hydrogens (tertiary/aromatic N) is 6. The van der Waals surface area contributed by atoms with Crippen LogP contribution in [0.2, 0.25) is 0 Å². The summed E-state index contributed by atoms with van der Waals surface area (Å²) in [5.74, 6) is 1.53. The van der Waals surface area contributed by atoms with E-state index in [-0.39, 0.29) is 5.69 Å². The third-order valence-corrected chi connectivity index (χ3v) is 8.21. The predicted octanol–water partition coefficient (Wildman–Crippen LogP) is 3.69. The van der Waals surface area contributed by atoms with Gasteiger partial charge in [-0.1, -0.05) is 11.8 Å². The number of pyridine rings is 1. The Hall–Kier alpha value is -3.12. The molecule has 5 rings (SSSR count). The van der Waals surface area contributed by atoms with Gasteiger partial charge in [0, 0.05) is 55.9 Å². The van der Waals surface area contributed by atoms with Gasteiger partial charge in [-0.2, -0.15) is 13.2 Å². The van der Waals surface area contributed by atoms with Crippen molar-refractivity contribution in [2.24, 2.45) is 18.7 Å². The fourth-order valence-corrected chi connectivity index (χ4v) is 6.04. The second kappa shape index (κ2) is 10.3. The molecule has 2 aliphatic rings. The molecule has 0 aliphatic carbocycles. The van der Waals surface area contributed by atoms with Crippen LogP contribution in [0.3, 0.4) is 0 Å². The number of amides is 1. The molecule has 1 amide bonds. The van der Waals surface area contributed by atoms with Gasteiger partial charge in [0.15, 0.2) is 11.0 Å². The molecule has 37 heavy (non-hydrogen) atoms. The first-order chi connectivity index (χ1) is 17.7. The fraction of sp³-hybridized carbons (Fsp3) is 0.440. The van der Waals surface area contributed by atoms with E-state index in [0.29, 0.717) is 17.8 Å². The SMILES string of the molecule is Cn1c(SCCCN2C[C@@H]3CCN(c4ccc(C(F)(F)F)cc4)[C@@H]3C2)nnc1-c1ccc(C(N)=O)nc1. The topological polar surface area (TPSA) is 93.2 Å². The molecule has 2 aromatic heterocycles. The molecule has 12 heteroatoms.